The average molecular weight is 449 g/mol. The van der Waals surface area contributed by atoms with Crippen LogP contribution in [0.2, 0.25) is 0 Å². The van der Waals surface area contributed by atoms with Crippen LogP contribution in [0.15, 0.2) is 29.8 Å². The maximum absolute atomic E-state index is 12.4. The van der Waals surface area contributed by atoms with Gasteiger partial charge in [-0.2, -0.15) is 0 Å². The Labute approximate surface area is 183 Å². The van der Waals surface area contributed by atoms with E-state index < -0.39 is 5.97 Å². The van der Waals surface area contributed by atoms with E-state index in [4.69, 9.17) is 4.74 Å². The molecular formula is C20H24N4O4S2. The summed E-state index contributed by atoms with van der Waals surface area (Å²) >= 11 is 2.77. The van der Waals surface area contributed by atoms with Crippen LogP contribution in [-0.4, -0.2) is 63.9 Å². The number of likely N-dealkylation sites (tertiary alicyclic amines) is 1. The lowest BCUT2D eigenvalue weighted by Gasteiger charge is -2.31. The van der Waals surface area contributed by atoms with Crippen LogP contribution in [0, 0.1) is 0 Å². The molecule has 0 aromatic carbocycles. The molecule has 1 N–H and O–H groups in total. The van der Waals surface area contributed by atoms with E-state index >= 15 is 0 Å². The third-order valence-corrected chi connectivity index (χ3v) is 6.52. The maximum Gasteiger partial charge on any atom is 0.357 e. The van der Waals surface area contributed by atoms with Gasteiger partial charge in [-0.15, -0.1) is 23.1 Å². The van der Waals surface area contributed by atoms with Crippen molar-refractivity contribution < 1.29 is 19.1 Å². The molecule has 0 saturated carbocycles. The molecule has 2 amide bonds. The topological polar surface area (TPSA) is 101 Å². The van der Waals surface area contributed by atoms with Gasteiger partial charge in [0.1, 0.15) is 5.82 Å². The lowest BCUT2D eigenvalue weighted by atomic mass is 9.97. The fourth-order valence-corrected chi connectivity index (χ4v) is 4.77. The van der Waals surface area contributed by atoms with Crippen LogP contribution in [-0.2, 0) is 14.3 Å². The van der Waals surface area contributed by atoms with Crippen molar-refractivity contribution in [2.24, 2.45) is 0 Å². The second-order valence-electron chi connectivity index (χ2n) is 6.70. The number of aromatic nitrogens is 2. The quantitative estimate of drug-likeness (QED) is 0.620. The number of anilines is 1. The predicted octanol–water partition coefficient (Wildman–Crippen LogP) is 2.79. The summed E-state index contributed by atoms with van der Waals surface area (Å²) in [5.74, 6) is 0.696. The third kappa shape index (κ3) is 6.27. The first-order valence-electron chi connectivity index (χ1n) is 9.75. The van der Waals surface area contributed by atoms with Crippen LogP contribution >= 0.6 is 23.1 Å². The van der Waals surface area contributed by atoms with Crippen molar-refractivity contribution in [1.29, 1.82) is 0 Å². The number of ether oxygens (including phenoxy) is 1. The number of nitrogens with one attached hydrogen (secondary N) is 1. The molecule has 0 spiro atoms. The van der Waals surface area contributed by atoms with E-state index in [0.29, 0.717) is 31.2 Å². The summed E-state index contributed by atoms with van der Waals surface area (Å²) in [6.07, 6.45) is 3.23. The monoisotopic (exact) mass is 448 g/mol. The van der Waals surface area contributed by atoms with E-state index in [1.807, 2.05) is 4.90 Å². The summed E-state index contributed by atoms with van der Waals surface area (Å²) in [7, 11) is 0. The van der Waals surface area contributed by atoms with E-state index in [9.17, 15) is 14.4 Å². The molecule has 3 rings (SSSR count). The number of thiazole rings is 1. The Morgan fingerprint density at radius 3 is 2.77 bits per heavy atom. The van der Waals surface area contributed by atoms with Gasteiger partial charge >= 0.3 is 5.97 Å². The summed E-state index contributed by atoms with van der Waals surface area (Å²) in [4.78, 5) is 46.4. The minimum atomic E-state index is -0.392. The molecule has 30 heavy (non-hydrogen) atoms. The van der Waals surface area contributed by atoms with Crippen molar-refractivity contribution in [3.63, 3.8) is 0 Å². The molecule has 3 heterocycles. The Balaban J connectivity index is 1.38. The number of piperidine rings is 1. The molecule has 160 valence electrons. The molecule has 2 aromatic rings. The number of carbonyl (C=O) groups is 3. The first kappa shape index (κ1) is 22.2. The Morgan fingerprint density at radius 1 is 1.27 bits per heavy atom. The molecule has 10 heteroatoms. The Kier molecular flexibility index (Phi) is 8.21. The molecule has 0 radical (unpaired) electrons. The van der Waals surface area contributed by atoms with E-state index in [2.05, 4.69) is 15.3 Å². The Morgan fingerprint density at radius 2 is 2.07 bits per heavy atom. The summed E-state index contributed by atoms with van der Waals surface area (Å²) in [5.41, 5.74) is 0.357. The molecule has 1 fully saturated rings. The first-order chi connectivity index (χ1) is 14.6. The van der Waals surface area contributed by atoms with Crippen molar-refractivity contribution in [1.82, 2.24) is 14.9 Å². The van der Waals surface area contributed by atoms with Gasteiger partial charge in [0.15, 0.2) is 5.69 Å². The molecule has 0 aliphatic carbocycles. The van der Waals surface area contributed by atoms with E-state index in [-0.39, 0.29) is 29.2 Å². The molecule has 1 saturated heterocycles. The molecule has 0 unspecified atom stereocenters. The number of nitrogens with zero attached hydrogens (tertiary/aromatic N) is 3. The van der Waals surface area contributed by atoms with Gasteiger partial charge in [-0.25, -0.2) is 14.8 Å². The van der Waals surface area contributed by atoms with Gasteiger partial charge in [0.25, 0.3) is 0 Å². The fraction of sp³-hybridized carbons (Fsp3) is 0.450. The molecule has 0 atom stereocenters. The van der Waals surface area contributed by atoms with Crippen LogP contribution in [0.3, 0.4) is 0 Å². The number of rotatable bonds is 8. The van der Waals surface area contributed by atoms with Gasteiger partial charge in [0.05, 0.1) is 23.1 Å². The van der Waals surface area contributed by atoms with E-state index in [1.165, 1.54) is 23.1 Å². The minimum Gasteiger partial charge on any atom is -0.461 e. The number of esters is 1. The zero-order chi connectivity index (χ0) is 21.3. The zero-order valence-electron chi connectivity index (χ0n) is 16.7. The number of thioether (sulfide) groups is 1. The number of amides is 2. The molecule has 2 aromatic heterocycles. The highest BCUT2D eigenvalue weighted by Crippen LogP contribution is 2.30. The highest BCUT2D eigenvalue weighted by Gasteiger charge is 2.26. The highest BCUT2D eigenvalue weighted by atomic mass is 32.2. The second-order valence-corrected chi connectivity index (χ2v) is 8.58. The minimum absolute atomic E-state index is 0.0374. The van der Waals surface area contributed by atoms with E-state index in [0.717, 1.165) is 17.8 Å². The summed E-state index contributed by atoms with van der Waals surface area (Å²) in [6, 6.07) is 5.29. The molecule has 1 aliphatic rings. The molecule has 8 nitrogen and oxygen atoms in total. The third-order valence-electron chi connectivity index (χ3n) is 4.59. The Bertz CT molecular complexity index is 867. The summed E-state index contributed by atoms with van der Waals surface area (Å²) < 4.78 is 4.98. The smallest absolute Gasteiger partial charge is 0.357 e. The molecule has 0 bridgehead atoms. The summed E-state index contributed by atoms with van der Waals surface area (Å²) in [6.45, 7) is 3.40. The highest BCUT2D eigenvalue weighted by molar-refractivity contribution is 8.00. The van der Waals surface area contributed by atoms with Gasteiger partial charge in [-0.1, -0.05) is 6.07 Å². The first-order valence-corrected chi connectivity index (χ1v) is 11.8. The lowest BCUT2D eigenvalue weighted by Crippen LogP contribution is -2.39. The van der Waals surface area contributed by atoms with Crippen LogP contribution in [0.25, 0.3) is 0 Å². The van der Waals surface area contributed by atoms with Crippen molar-refractivity contribution in [2.75, 3.05) is 36.5 Å². The van der Waals surface area contributed by atoms with E-state index in [1.54, 1.807) is 36.7 Å². The summed E-state index contributed by atoms with van der Waals surface area (Å²) in [5, 5.41) is 5.36. The predicted molar refractivity (Wildman–Crippen MR) is 117 cm³/mol. The normalized spacial score (nSPS) is 14.4. The fourth-order valence-electron chi connectivity index (χ4n) is 3.09. The second kappa shape index (κ2) is 11.1. The number of hydrogen-bond donors (Lipinski definition) is 1. The van der Waals surface area contributed by atoms with Crippen molar-refractivity contribution in [3.8, 4) is 0 Å². The number of pyridine rings is 1. The average Bonchev–Trinajstić information content (AvgIpc) is 3.25. The SMILES string of the molecule is CCOC(=O)c1csc(C2CCN(C(=O)CSCC(=O)Nc3ccccn3)CC2)n1. The largest absolute Gasteiger partial charge is 0.461 e. The standard InChI is InChI=1S/C20H24N4O4S2/c1-2-28-20(27)15-11-30-19(22-15)14-6-9-24(10-7-14)18(26)13-29-12-17(25)23-16-5-3-4-8-21-16/h3-5,8,11,14H,2,6-7,9-10,12-13H2,1H3,(H,21,23,25). The molecule has 1 aliphatic heterocycles. The van der Waals surface area contributed by atoms with Gasteiger partial charge < -0.3 is 15.0 Å². The lowest BCUT2D eigenvalue weighted by molar-refractivity contribution is -0.129. The maximum atomic E-state index is 12.4. The van der Waals surface area contributed by atoms with Crippen molar-refractivity contribution in [3.05, 3.63) is 40.5 Å². The number of carbonyl (C=O) groups excluding carboxylic acids is 3. The van der Waals surface area contributed by atoms with Crippen molar-refractivity contribution in [2.45, 2.75) is 25.7 Å². The zero-order valence-corrected chi connectivity index (χ0v) is 18.3. The van der Waals surface area contributed by atoms with Gasteiger partial charge in [0.2, 0.25) is 11.8 Å². The number of hydrogen-bond acceptors (Lipinski definition) is 8. The van der Waals surface area contributed by atoms with Gasteiger partial charge in [-0.3, -0.25) is 9.59 Å². The van der Waals surface area contributed by atoms with Crippen LogP contribution in [0.5, 0.6) is 0 Å². The Hall–Kier alpha value is -2.46. The van der Waals surface area contributed by atoms with Gasteiger partial charge in [0, 0.05) is 30.6 Å². The van der Waals surface area contributed by atoms with Crippen molar-refractivity contribution >= 4 is 46.7 Å². The molecular weight excluding hydrogens is 424 g/mol. The van der Waals surface area contributed by atoms with Crippen LogP contribution in [0.1, 0.15) is 41.2 Å². The van der Waals surface area contributed by atoms with Crippen LogP contribution in [0.4, 0.5) is 5.82 Å². The van der Waals surface area contributed by atoms with Gasteiger partial charge in [-0.05, 0) is 31.9 Å². The van der Waals surface area contributed by atoms with Crippen LogP contribution < -0.4 is 5.32 Å².